The van der Waals surface area contributed by atoms with Gasteiger partial charge in [0.05, 0.1) is 20.4 Å². The van der Waals surface area contributed by atoms with Crippen molar-refractivity contribution in [2.75, 3.05) is 14.2 Å². The van der Waals surface area contributed by atoms with Crippen molar-refractivity contribution in [1.82, 2.24) is 5.43 Å². The molecule has 0 saturated carbocycles. The Morgan fingerprint density at radius 2 is 2.27 bits per heavy atom. The van der Waals surface area contributed by atoms with Gasteiger partial charge in [0, 0.05) is 0 Å². The molecule has 0 fully saturated rings. The van der Waals surface area contributed by atoms with Gasteiger partial charge in [-0.2, -0.15) is 5.10 Å². The average molecular weight is 208 g/mol. The number of nitrogens with one attached hydrogen (secondary N) is 1. The summed E-state index contributed by atoms with van der Waals surface area (Å²) in [5.41, 5.74) is 3.01. The molecular weight excluding hydrogens is 196 g/mol. The summed E-state index contributed by atoms with van der Waals surface area (Å²) in [4.78, 5) is 10.7. The highest BCUT2D eigenvalue weighted by molar-refractivity contribution is 5.81. The fourth-order valence-electron chi connectivity index (χ4n) is 0.927. The Kier molecular flexibility index (Phi) is 4.15. The second-order valence-corrected chi connectivity index (χ2v) is 2.64. The van der Waals surface area contributed by atoms with E-state index in [9.17, 15) is 4.79 Å². The standard InChI is InChI=1S/C10H12N2O3/c1-14-9-5-3-4-8(6-9)7-11-12-10(13)15-2/h3-7H,1-2H3,(H,12,13)/b11-7+. The number of carbonyl (C=O) groups excluding carboxylic acids is 1. The third kappa shape index (κ3) is 3.68. The first-order valence-corrected chi connectivity index (χ1v) is 4.27. The minimum Gasteiger partial charge on any atom is -0.497 e. The van der Waals surface area contributed by atoms with Crippen LogP contribution in [0.2, 0.25) is 0 Å². The maximum absolute atomic E-state index is 10.7. The average Bonchev–Trinajstić information content (AvgIpc) is 2.29. The SMILES string of the molecule is COC(=O)N/N=C/c1cccc(OC)c1. The topological polar surface area (TPSA) is 59.9 Å². The molecule has 5 nitrogen and oxygen atoms in total. The van der Waals surface area contributed by atoms with Gasteiger partial charge < -0.3 is 9.47 Å². The Morgan fingerprint density at radius 1 is 1.47 bits per heavy atom. The van der Waals surface area contributed by atoms with E-state index in [0.29, 0.717) is 0 Å². The summed E-state index contributed by atoms with van der Waals surface area (Å²) in [7, 11) is 2.86. The number of carbonyl (C=O) groups is 1. The molecule has 0 bridgehead atoms. The zero-order valence-corrected chi connectivity index (χ0v) is 8.56. The van der Waals surface area contributed by atoms with Crippen LogP contribution in [0.1, 0.15) is 5.56 Å². The zero-order valence-electron chi connectivity index (χ0n) is 8.56. The number of hydrogen-bond acceptors (Lipinski definition) is 4. The number of amides is 1. The molecule has 0 atom stereocenters. The molecule has 0 aliphatic heterocycles. The minimum atomic E-state index is -0.603. The second kappa shape index (κ2) is 5.64. The zero-order chi connectivity index (χ0) is 11.1. The maximum Gasteiger partial charge on any atom is 0.427 e. The first kappa shape index (κ1) is 11.0. The lowest BCUT2D eigenvalue weighted by molar-refractivity contribution is 0.171. The van der Waals surface area contributed by atoms with Gasteiger partial charge in [-0.15, -0.1) is 0 Å². The molecule has 1 rings (SSSR count). The Balaban J connectivity index is 2.59. The summed E-state index contributed by atoms with van der Waals surface area (Å²) in [5, 5.41) is 3.68. The van der Waals surface area contributed by atoms with Gasteiger partial charge in [0.15, 0.2) is 0 Å². The molecule has 0 spiro atoms. The van der Waals surface area contributed by atoms with Crippen molar-refractivity contribution in [1.29, 1.82) is 0 Å². The summed E-state index contributed by atoms with van der Waals surface area (Å²) >= 11 is 0. The van der Waals surface area contributed by atoms with Crippen LogP contribution in [0.15, 0.2) is 29.4 Å². The lowest BCUT2D eigenvalue weighted by Gasteiger charge is -1.99. The lowest BCUT2D eigenvalue weighted by atomic mass is 10.2. The van der Waals surface area contributed by atoms with Gasteiger partial charge in [0.2, 0.25) is 0 Å². The smallest absolute Gasteiger partial charge is 0.427 e. The lowest BCUT2D eigenvalue weighted by Crippen LogP contribution is -2.16. The fraction of sp³-hybridized carbons (Fsp3) is 0.200. The molecule has 0 heterocycles. The summed E-state index contributed by atoms with van der Waals surface area (Å²) in [6.07, 6.45) is 0.897. The van der Waals surface area contributed by atoms with Crippen molar-refractivity contribution in [2.45, 2.75) is 0 Å². The molecule has 0 radical (unpaired) electrons. The largest absolute Gasteiger partial charge is 0.497 e. The van der Waals surface area contributed by atoms with Crippen molar-refractivity contribution >= 4 is 12.3 Å². The first-order chi connectivity index (χ1) is 7.26. The third-order valence-corrected chi connectivity index (χ3v) is 1.65. The van der Waals surface area contributed by atoms with Gasteiger partial charge in [-0.05, 0) is 17.7 Å². The number of rotatable bonds is 3. The van der Waals surface area contributed by atoms with Crippen LogP contribution in [-0.4, -0.2) is 26.5 Å². The number of nitrogens with zero attached hydrogens (tertiary/aromatic N) is 1. The van der Waals surface area contributed by atoms with Crippen LogP contribution in [-0.2, 0) is 4.74 Å². The van der Waals surface area contributed by atoms with E-state index < -0.39 is 6.09 Å². The first-order valence-electron chi connectivity index (χ1n) is 4.27. The highest BCUT2D eigenvalue weighted by atomic mass is 16.5. The van der Waals surface area contributed by atoms with Crippen LogP contribution < -0.4 is 10.2 Å². The molecule has 5 heteroatoms. The number of hydrazone groups is 1. The molecule has 15 heavy (non-hydrogen) atoms. The van der Waals surface area contributed by atoms with Crippen LogP contribution in [0.25, 0.3) is 0 Å². The van der Waals surface area contributed by atoms with Crippen molar-refractivity contribution in [3.05, 3.63) is 29.8 Å². The number of methoxy groups -OCH3 is 2. The predicted molar refractivity (Wildman–Crippen MR) is 56.1 cm³/mol. The van der Waals surface area contributed by atoms with Crippen molar-refractivity contribution < 1.29 is 14.3 Å². The number of benzene rings is 1. The van der Waals surface area contributed by atoms with Crippen LogP contribution >= 0.6 is 0 Å². The predicted octanol–water partition coefficient (Wildman–Crippen LogP) is 1.39. The van der Waals surface area contributed by atoms with Gasteiger partial charge in [0.1, 0.15) is 5.75 Å². The quantitative estimate of drug-likeness (QED) is 0.603. The Hall–Kier alpha value is -2.04. The molecule has 1 N–H and O–H groups in total. The summed E-state index contributed by atoms with van der Waals surface area (Å²) in [6, 6.07) is 7.29. The Morgan fingerprint density at radius 3 is 2.93 bits per heavy atom. The van der Waals surface area contributed by atoms with Crippen LogP contribution in [0.5, 0.6) is 5.75 Å². The minimum absolute atomic E-state index is 0.603. The summed E-state index contributed by atoms with van der Waals surface area (Å²) in [6.45, 7) is 0. The van der Waals surface area contributed by atoms with Gasteiger partial charge >= 0.3 is 6.09 Å². The monoisotopic (exact) mass is 208 g/mol. The van der Waals surface area contributed by atoms with Crippen LogP contribution in [0.4, 0.5) is 4.79 Å². The van der Waals surface area contributed by atoms with E-state index in [-0.39, 0.29) is 0 Å². The van der Waals surface area contributed by atoms with E-state index in [4.69, 9.17) is 4.74 Å². The van der Waals surface area contributed by atoms with Gasteiger partial charge in [-0.25, -0.2) is 10.2 Å². The van der Waals surface area contributed by atoms with Crippen molar-refractivity contribution in [2.24, 2.45) is 5.10 Å². The molecule has 0 saturated heterocycles. The molecule has 1 amide bonds. The number of ether oxygens (including phenoxy) is 2. The highest BCUT2D eigenvalue weighted by Crippen LogP contribution is 2.10. The number of hydrogen-bond donors (Lipinski definition) is 1. The van der Waals surface area contributed by atoms with Crippen molar-refractivity contribution in [3.63, 3.8) is 0 Å². The Labute approximate surface area is 87.7 Å². The van der Waals surface area contributed by atoms with Crippen LogP contribution in [0.3, 0.4) is 0 Å². The maximum atomic E-state index is 10.7. The van der Waals surface area contributed by atoms with E-state index in [1.165, 1.54) is 13.3 Å². The van der Waals surface area contributed by atoms with E-state index in [1.807, 2.05) is 18.2 Å². The molecule has 1 aromatic rings. The van der Waals surface area contributed by atoms with E-state index in [0.717, 1.165) is 11.3 Å². The highest BCUT2D eigenvalue weighted by Gasteiger charge is 1.94. The molecule has 80 valence electrons. The molecule has 0 aliphatic carbocycles. The molecule has 1 aromatic carbocycles. The van der Waals surface area contributed by atoms with E-state index >= 15 is 0 Å². The summed E-state index contributed by atoms with van der Waals surface area (Å²) < 4.78 is 9.37. The third-order valence-electron chi connectivity index (χ3n) is 1.65. The van der Waals surface area contributed by atoms with Gasteiger partial charge in [-0.3, -0.25) is 0 Å². The Bertz CT molecular complexity index is 363. The van der Waals surface area contributed by atoms with Gasteiger partial charge in [0.25, 0.3) is 0 Å². The summed E-state index contributed by atoms with van der Waals surface area (Å²) in [5.74, 6) is 0.733. The van der Waals surface area contributed by atoms with E-state index in [2.05, 4.69) is 15.3 Å². The fourth-order valence-corrected chi connectivity index (χ4v) is 0.927. The van der Waals surface area contributed by atoms with Crippen molar-refractivity contribution in [3.8, 4) is 5.75 Å². The van der Waals surface area contributed by atoms with Gasteiger partial charge in [-0.1, -0.05) is 12.1 Å². The molecule has 0 aromatic heterocycles. The van der Waals surface area contributed by atoms with E-state index in [1.54, 1.807) is 13.2 Å². The molecular formula is C10H12N2O3. The molecule has 0 unspecified atom stereocenters. The van der Waals surface area contributed by atoms with Crippen LogP contribution in [0, 0.1) is 0 Å². The normalized spacial score (nSPS) is 10.0. The molecule has 0 aliphatic rings. The second-order valence-electron chi connectivity index (χ2n) is 2.64.